The molecule has 0 saturated carbocycles. The lowest BCUT2D eigenvalue weighted by atomic mass is 10.00. The summed E-state index contributed by atoms with van der Waals surface area (Å²) in [6, 6.07) is 16.5. The molecule has 19 heavy (non-hydrogen) atoms. The number of nitrogens with one attached hydrogen (secondary N) is 1. The lowest BCUT2D eigenvalue weighted by Gasteiger charge is -2.09. The number of hydrogen-bond acceptors (Lipinski definition) is 2. The van der Waals surface area contributed by atoms with Crippen LogP contribution in [0.1, 0.15) is 22.0 Å². The van der Waals surface area contributed by atoms with Gasteiger partial charge < -0.3 is 10.1 Å². The molecular weight excluding hydrogens is 238 g/mol. The van der Waals surface area contributed by atoms with Crippen molar-refractivity contribution in [2.75, 3.05) is 0 Å². The highest BCUT2D eigenvalue weighted by molar-refractivity contribution is 6.10. The minimum Gasteiger partial charge on any atom is -0.380 e. The Morgan fingerprint density at radius 3 is 2.47 bits per heavy atom. The highest BCUT2D eigenvalue weighted by Crippen LogP contribution is 2.24. The summed E-state index contributed by atoms with van der Waals surface area (Å²) in [4.78, 5) is 15.4. The highest BCUT2D eigenvalue weighted by atomic mass is 16.3. The predicted molar refractivity (Wildman–Crippen MR) is 74.0 cm³/mol. The first-order chi connectivity index (χ1) is 9.27. The second-order valence-corrected chi connectivity index (χ2v) is 4.43. The number of carbonyl (C=O) groups is 1. The van der Waals surface area contributed by atoms with E-state index >= 15 is 0 Å². The summed E-state index contributed by atoms with van der Waals surface area (Å²) >= 11 is 0. The van der Waals surface area contributed by atoms with E-state index in [0.717, 1.165) is 10.9 Å². The van der Waals surface area contributed by atoms with Gasteiger partial charge in [0, 0.05) is 22.7 Å². The van der Waals surface area contributed by atoms with Gasteiger partial charge in [-0.2, -0.15) is 0 Å². The zero-order valence-electron chi connectivity index (χ0n) is 10.2. The van der Waals surface area contributed by atoms with Crippen LogP contribution in [0.3, 0.4) is 0 Å². The number of rotatable bonds is 3. The van der Waals surface area contributed by atoms with Gasteiger partial charge in [-0.05, 0) is 11.6 Å². The molecule has 3 heteroatoms. The van der Waals surface area contributed by atoms with Gasteiger partial charge in [-0.25, -0.2) is 0 Å². The molecule has 3 rings (SSSR count). The number of aliphatic hydroxyl groups is 1. The van der Waals surface area contributed by atoms with E-state index in [1.165, 1.54) is 0 Å². The topological polar surface area (TPSA) is 53.1 Å². The lowest BCUT2D eigenvalue weighted by Crippen LogP contribution is -2.11. The van der Waals surface area contributed by atoms with Crippen LogP contribution < -0.4 is 0 Å². The zero-order chi connectivity index (χ0) is 13.2. The highest BCUT2D eigenvalue weighted by Gasteiger charge is 2.21. The maximum absolute atomic E-state index is 12.4. The molecule has 1 atom stereocenters. The van der Waals surface area contributed by atoms with Crippen molar-refractivity contribution in [3.05, 3.63) is 71.9 Å². The number of H-pyrrole nitrogens is 1. The molecule has 0 bridgehead atoms. The fourth-order valence-electron chi connectivity index (χ4n) is 2.21. The lowest BCUT2D eigenvalue weighted by molar-refractivity contribution is 0.0749. The van der Waals surface area contributed by atoms with Crippen molar-refractivity contribution in [2.24, 2.45) is 0 Å². The molecule has 94 valence electrons. The summed E-state index contributed by atoms with van der Waals surface area (Å²) < 4.78 is 0. The van der Waals surface area contributed by atoms with E-state index in [9.17, 15) is 9.90 Å². The van der Waals surface area contributed by atoms with Crippen molar-refractivity contribution in [3.63, 3.8) is 0 Å². The maximum Gasteiger partial charge on any atom is 0.197 e. The average Bonchev–Trinajstić information content (AvgIpc) is 2.90. The normalized spacial score (nSPS) is 12.5. The SMILES string of the molecule is O=C(c1c[nH]c2ccccc12)C(O)c1ccccc1. The molecule has 0 aliphatic carbocycles. The molecule has 0 amide bonds. The molecule has 2 N–H and O–H groups in total. The van der Waals surface area contributed by atoms with Crippen LogP contribution in [0, 0.1) is 0 Å². The molecule has 0 aliphatic heterocycles. The Labute approximate surface area is 110 Å². The Morgan fingerprint density at radius 2 is 1.68 bits per heavy atom. The molecule has 2 aromatic carbocycles. The summed E-state index contributed by atoms with van der Waals surface area (Å²) in [5.74, 6) is -0.288. The largest absolute Gasteiger partial charge is 0.380 e. The summed E-state index contributed by atoms with van der Waals surface area (Å²) in [6.45, 7) is 0. The van der Waals surface area contributed by atoms with Crippen LogP contribution >= 0.6 is 0 Å². The van der Waals surface area contributed by atoms with Crippen molar-refractivity contribution in [1.82, 2.24) is 4.98 Å². The number of hydrogen-bond donors (Lipinski definition) is 2. The molecule has 0 fully saturated rings. The van der Waals surface area contributed by atoms with Gasteiger partial charge >= 0.3 is 0 Å². The zero-order valence-corrected chi connectivity index (χ0v) is 10.2. The fraction of sp³-hybridized carbons (Fsp3) is 0.0625. The van der Waals surface area contributed by atoms with Gasteiger partial charge in [0.1, 0.15) is 6.10 Å². The van der Waals surface area contributed by atoms with E-state index in [1.54, 1.807) is 30.5 Å². The third-order valence-electron chi connectivity index (χ3n) is 3.22. The van der Waals surface area contributed by atoms with Crippen LogP contribution in [0.25, 0.3) is 10.9 Å². The van der Waals surface area contributed by atoms with Gasteiger partial charge in [-0.3, -0.25) is 4.79 Å². The molecule has 1 aromatic heterocycles. The number of benzene rings is 2. The first-order valence-corrected chi connectivity index (χ1v) is 6.11. The standard InChI is InChI=1S/C16H13NO2/c18-15(11-6-2-1-3-7-11)16(19)13-10-17-14-9-5-4-8-12(13)14/h1-10,15,17-18H. The minimum atomic E-state index is -1.12. The van der Waals surface area contributed by atoms with E-state index < -0.39 is 6.10 Å². The number of aromatic nitrogens is 1. The molecule has 1 heterocycles. The molecule has 3 nitrogen and oxygen atoms in total. The molecule has 1 unspecified atom stereocenters. The van der Waals surface area contributed by atoms with Crippen LogP contribution in [0.2, 0.25) is 0 Å². The van der Waals surface area contributed by atoms with E-state index in [4.69, 9.17) is 0 Å². The number of Topliss-reactive ketones (excluding diaryl/α,β-unsaturated/α-hetero) is 1. The first-order valence-electron chi connectivity index (χ1n) is 6.11. The van der Waals surface area contributed by atoms with Gasteiger partial charge in [0.15, 0.2) is 5.78 Å². The fourth-order valence-corrected chi connectivity index (χ4v) is 2.21. The van der Waals surface area contributed by atoms with Gasteiger partial charge in [0.25, 0.3) is 0 Å². The van der Waals surface area contributed by atoms with Crippen molar-refractivity contribution in [3.8, 4) is 0 Å². The summed E-state index contributed by atoms with van der Waals surface area (Å²) in [5.41, 5.74) is 2.02. The van der Waals surface area contributed by atoms with Crippen LogP contribution in [0.15, 0.2) is 60.8 Å². The Hall–Kier alpha value is -2.39. The predicted octanol–water partition coefficient (Wildman–Crippen LogP) is 3.08. The number of para-hydroxylation sites is 1. The smallest absolute Gasteiger partial charge is 0.197 e. The van der Waals surface area contributed by atoms with Crippen molar-refractivity contribution >= 4 is 16.7 Å². The van der Waals surface area contributed by atoms with Crippen molar-refractivity contribution in [1.29, 1.82) is 0 Å². The van der Waals surface area contributed by atoms with Gasteiger partial charge in [-0.15, -0.1) is 0 Å². The Kier molecular flexibility index (Phi) is 2.89. The molecule has 0 radical (unpaired) electrons. The number of carbonyl (C=O) groups excluding carboxylic acids is 1. The van der Waals surface area contributed by atoms with Crippen molar-refractivity contribution in [2.45, 2.75) is 6.10 Å². The Morgan fingerprint density at radius 1 is 1.00 bits per heavy atom. The number of ketones is 1. The molecular formula is C16H13NO2. The third-order valence-corrected chi connectivity index (χ3v) is 3.22. The van der Waals surface area contributed by atoms with E-state index in [1.807, 2.05) is 30.3 Å². The second-order valence-electron chi connectivity index (χ2n) is 4.43. The maximum atomic E-state index is 12.4. The van der Waals surface area contributed by atoms with Gasteiger partial charge in [-0.1, -0.05) is 48.5 Å². The second kappa shape index (κ2) is 4.71. The van der Waals surface area contributed by atoms with E-state index in [-0.39, 0.29) is 5.78 Å². The van der Waals surface area contributed by atoms with Crippen LogP contribution in [0.4, 0.5) is 0 Å². The summed E-state index contributed by atoms with van der Waals surface area (Å²) in [6.07, 6.45) is 0.527. The number of fused-ring (bicyclic) bond motifs is 1. The first kappa shape index (κ1) is 11.7. The Bertz CT molecular complexity index is 716. The molecule has 3 aromatic rings. The molecule has 0 aliphatic rings. The summed E-state index contributed by atoms with van der Waals surface area (Å²) in [5, 5.41) is 11.0. The van der Waals surface area contributed by atoms with Crippen LogP contribution in [-0.2, 0) is 0 Å². The number of aromatic amines is 1. The van der Waals surface area contributed by atoms with Gasteiger partial charge in [0.2, 0.25) is 0 Å². The van der Waals surface area contributed by atoms with E-state index in [0.29, 0.717) is 11.1 Å². The van der Waals surface area contributed by atoms with Crippen LogP contribution in [-0.4, -0.2) is 15.9 Å². The average molecular weight is 251 g/mol. The molecule has 0 saturated heterocycles. The minimum absolute atomic E-state index is 0.288. The van der Waals surface area contributed by atoms with Gasteiger partial charge in [0.05, 0.1) is 0 Å². The van der Waals surface area contributed by atoms with Crippen LogP contribution in [0.5, 0.6) is 0 Å². The number of aliphatic hydroxyl groups excluding tert-OH is 1. The summed E-state index contributed by atoms with van der Waals surface area (Å²) in [7, 11) is 0. The Balaban J connectivity index is 2.00. The van der Waals surface area contributed by atoms with Crippen molar-refractivity contribution < 1.29 is 9.90 Å². The quantitative estimate of drug-likeness (QED) is 0.703. The monoisotopic (exact) mass is 251 g/mol. The van der Waals surface area contributed by atoms with E-state index in [2.05, 4.69) is 4.98 Å². The molecule has 0 spiro atoms. The third kappa shape index (κ3) is 2.04.